The predicted molar refractivity (Wildman–Crippen MR) is 64.5 cm³/mol. The molecule has 0 aromatic heterocycles. The average molecular weight is 225 g/mol. The smallest absolute Gasteiger partial charge is 0.319 e. The van der Waals surface area contributed by atoms with Gasteiger partial charge in [0.2, 0.25) is 0 Å². The Kier molecular flexibility index (Phi) is 3.69. The molecule has 4 nitrogen and oxygen atoms in total. The molecule has 16 heavy (non-hydrogen) atoms. The summed E-state index contributed by atoms with van der Waals surface area (Å²) >= 11 is 0. The molecule has 2 amide bonds. The Hall–Kier alpha value is -0.770. The normalized spacial score (nSPS) is 26.4. The largest absolute Gasteiger partial charge is 0.326 e. The summed E-state index contributed by atoms with van der Waals surface area (Å²) in [6, 6.07) is 0.786. The Morgan fingerprint density at radius 2 is 1.94 bits per heavy atom. The highest BCUT2D eigenvalue weighted by atomic mass is 16.2. The molecule has 0 saturated carbocycles. The second-order valence-corrected chi connectivity index (χ2v) is 5.13. The molecule has 0 aromatic rings. The summed E-state index contributed by atoms with van der Waals surface area (Å²) in [6.07, 6.45) is 4.84. The fourth-order valence-corrected chi connectivity index (χ4v) is 2.75. The minimum atomic E-state index is 0.220. The summed E-state index contributed by atoms with van der Waals surface area (Å²) < 4.78 is 0. The van der Waals surface area contributed by atoms with Gasteiger partial charge in [0.05, 0.1) is 0 Å². The zero-order valence-corrected chi connectivity index (χ0v) is 10.5. The van der Waals surface area contributed by atoms with Crippen molar-refractivity contribution in [3.63, 3.8) is 0 Å². The molecule has 0 radical (unpaired) electrons. The summed E-state index contributed by atoms with van der Waals surface area (Å²) in [5.41, 5.74) is 0. The van der Waals surface area contributed by atoms with E-state index in [0.29, 0.717) is 6.04 Å². The maximum Gasteiger partial charge on any atom is 0.319 e. The van der Waals surface area contributed by atoms with Crippen molar-refractivity contribution in [3.8, 4) is 0 Å². The van der Waals surface area contributed by atoms with Crippen LogP contribution in [0, 0.1) is 0 Å². The van der Waals surface area contributed by atoms with Crippen molar-refractivity contribution >= 4 is 6.03 Å². The van der Waals surface area contributed by atoms with Gasteiger partial charge in [0, 0.05) is 32.7 Å². The molecule has 0 bridgehead atoms. The molecule has 2 aliphatic rings. The topological polar surface area (TPSA) is 26.8 Å². The van der Waals surface area contributed by atoms with Crippen molar-refractivity contribution in [2.45, 2.75) is 31.7 Å². The quantitative estimate of drug-likeness (QED) is 0.706. The predicted octanol–water partition coefficient (Wildman–Crippen LogP) is 1.23. The summed E-state index contributed by atoms with van der Waals surface area (Å²) in [5, 5.41) is 0. The van der Waals surface area contributed by atoms with Crippen molar-refractivity contribution in [1.82, 2.24) is 14.7 Å². The van der Waals surface area contributed by atoms with Crippen LogP contribution < -0.4 is 0 Å². The molecule has 2 fully saturated rings. The number of likely N-dealkylation sites (N-methyl/N-ethyl adjacent to an activating group) is 2. The Morgan fingerprint density at radius 1 is 1.25 bits per heavy atom. The van der Waals surface area contributed by atoms with Crippen molar-refractivity contribution in [2.24, 2.45) is 0 Å². The van der Waals surface area contributed by atoms with Crippen molar-refractivity contribution in [3.05, 3.63) is 0 Å². The molecule has 0 aromatic carbocycles. The van der Waals surface area contributed by atoms with Crippen LogP contribution in [0.15, 0.2) is 0 Å². The molecule has 1 atom stereocenters. The maximum absolute atomic E-state index is 12.1. The van der Waals surface area contributed by atoms with Gasteiger partial charge < -0.3 is 14.7 Å². The summed E-state index contributed by atoms with van der Waals surface area (Å²) in [5.74, 6) is 0. The van der Waals surface area contributed by atoms with E-state index in [4.69, 9.17) is 0 Å². The van der Waals surface area contributed by atoms with Crippen LogP contribution in [0.1, 0.15) is 25.7 Å². The van der Waals surface area contributed by atoms with Gasteiger partial charge in [-0.2, -0.15) is 0 Å². The minimum absolute atomic E-state index is 0.220. The van der Waals surface area contributed by atoms with Gasteiger partial charge in [-0.15, -0.1) is 0 Å². The second-order valence-electron chi connectivity index (χ2n) is 5.13. The van der Waals surface area contributed by atoms with Gasteiger partial charge in [-0.25, -0.2) is 4.79 Å². The SMILES string of the molecule is CN(CC1CCCN1C)C(=O)N1CCCC1. The summed E-state index contributed by atoms with van der Waals surface area (Å²) in [7, 11) is 4.10. The number of hydrogen-bond donors (Lipinski definition) is 0. The zero-order valence-electron chi connectivity index (χ0n) is 10.5. The molecule has 2 aliphatic heterocycles. The lowest BCUT2D eigenvalue weighted by Crippen LogP contribution is -2.45. The molecule has 2 rings (SSSR count). The number of amides is 2. The van der Waals surface area contributed by atoms with Crippen molar-refractivity contribution < 1.29 is 4.79 Å². The molecular weight excluding hydrogens is 202 g/mol. The van der Waals surface area contributed by atoms with Crippen LogP contribution in [0.2, 0.25) is 0 Å². The second kappa shape index (κ2) is 5.04. The van der Waals surface area contributed by atoms with E-state index < -0.39 is 0 Å². The molecule has 0 aliphatic carbocycles. The standard InChI is InChI=1S/C12H23N3O/c1-13-7-5-6-11(13)10-14(2)12(16)15-8-3-4-9-15/h11H,3-10H2,1-2H3. The van der Waals surface area contributed by atoms with Gasteiger partial charge in [0.1, 0.15) is 0 Å². The summed E-state index contributed by atoms with van der Waals surface area (Å²) in [4.78, 5) is 18.3. The first-order valence-electron chi connectivity index (χ1n) is 6.39. The number of likely N-dealkylation sites (tertiary alicyclic amines) is 2. The average Bonchev–Trinajstić information content (AvgIpc) is 2.89. The third kappa shape index (κ3) is 2.48. The van der Waals surface area contributed by atoms with Gasteiger partial charge in [-0.05, 0) is 39.3 Å². The minimum Gasteiger partial charge on any atom is -0.326 e. The lowest BCUT2D eigenvalue weighted by Gasteiger charge is -2.29. The number of rotatable bonds is 2. The van der Waals surface area contributed by atoms with Crippen molar-refractivity contribution in [1.29, 1.82) is 0 Å². The summed E-state index contributed by atoms with van der Waals surface area (Å²) in [6.45, 7) is 3.95. The van der Waals surface area contributed by atoms with Gasteiger partial charge in [-0.3, -0.25) is 0 Å². The van der Waals surface area contributed by atoms with Crippen LogP contribution in [-0.2, 0) is 0 Å². The Balaban J connectivity index is 1.82. The van der Waals surface area contributed by atoms with E-state index in [1.807, 2.05) is 16.8 Å². The highest BCUT2D eigenvalue weighted by Crippen LogP contribution is 2.17. The maximum atomic E-state index is 12.1. The highest BCUT2D eigenvalue weighted by molar-refractivity contribution is 5.74. The van der Waals surface area contributed by atoms with E-state index >= 15 is 0 Å². The van der Waals surface area contributed by atoms with Crippen LogP contribution in [0.5, 0.6) is 0 Å². The third-order valence-electron chi connectivity index (χ3n) is 3.86. The van der Waals surface area contributed by atoms with E-state index in [9.17, 15) is 4.79 Å². The van der Waals surface area contributed by atoms with Crippen LogP contribution in [0.4, 0.5) is 4.79 Å². The van der Waals surface area contributed by atoms with Gasteiger partial charge in [0.15, 0.2) is 0 Å². The van der Waals surface area contributed by atoms with E-state index in [0.717, 1.165) is 19.6 Å². The van der Waals surface area contributed by atoms with Gasteiger partial charge in [0.25, 0.3) is 0 Å². The molecular formula is C12H23N3O. The fraction of sp³-hybridized carbons (Fsp3) is 0.917. The first-order chi connectivity index (χ1) is 7.68. The lowest BCUT2D eigenvalue weighted by atomic mass is 10.2. The Labute approximate surface area is 98.2 Å². The molecule has 1 unspecified atom stereocenters. The first kappa shape index (κ1) is 11.7. The molecule has 2 heterocycles. The Bertz CT molecular complexity index is 251. The van der Waals surface area contributed by atoms with Crippen LogP contribution >= 0.6 is 0 Å². The van der Waals surface area contributed by atoms with Crippen LogP contribution in [0.3, 0.4) is 0 Å². The number of nitrogens with zero attached hydrogens (tertiary/aromatic N) is 3. The van der Waals surface area contributed by atoms with E-state index in [1.165, 1.54) is 32.2 Å². The van der Waals surface area contributed by atoms with E-state index in [1.54, 1.807) is 0 Å². The molecule has 92 valence electrons. The van der Waals surface area contributed by atoms with E-state index in [2.05, 4.69) is 11.9 Å². The molecule has 4 heteroatoms. The monoisotopic (exact) mass is 225 g/mol. The number of hydrogen-bond acceptors (Lipinski definition) is 2. The highest BCUT2D eigenvalue weighted by Gasteiger charge is 2.26. The number of urea groups is 1. The lowest BCUT2D eigenvalue weighted by molar-refractivity contribution is 0.158. The fourth-order valence-electron chi connectivity index (χ4n) is 2.75. The Morgan fingerprint density at radius 3 is 2.50 bits per heavy atom. The van der Waals surface area contributed by atoms with Gasteiger partial charge in [-0.1, -0.05) is 0 Å². The molecule has 0 spiro atoms. The third-order valence-corrected chi connectivity index (χ3v) is 3.86. The number of carbonyl (C=O) groups excluding carboxylic acids is 1. The molecule has 0 N–H and O–H groups in total. The van der Waals surface area contributed by atoms with E-state index in [-0.39, 0.29) is 6.03 Å². The van der Waals surface area contributed by atoms with Crippen molar-refractivity contribution in [2.75, 3.05) is 40.3 Å². The first-order valence-corrected chi connectivity index (χ1v) is 6.39. The van der Waals surface area contributed by atoms with Crippen LogP contribution in [0.25, 0.3) is 0 Å². The number of carbonyl (C=O) groups is 1. The van der Waals surface area contributed by atoms with Crippen LogP contribution in [-0.4, -0.2) is 67.0 Å². The molecule has 2 saturated heterocycles. The zero-order chi connectivity index (χ0) is 11.5. The van der Waals surface area contributed by atoms with Gasteiger partial charge >= 0.3 is 6.03 Å².